The molecule has 0 fully saturated rings. The molecular weight excluding hydrogens is 350 g/mol. The summed E-state index contributed by atoms with van der Waals surface area (Å²) in [5.41, 5.74) is 2.00. The van der Waals surface area contributed by atoms with Crippen molar-refractivity contribution in [1.29, 1.82) is 0 Å². The first-order chi connectivity index (χ1) is 12.6. The number of para-hydroxylation sites is 2. The maximum atomic E-state index is 12.5. The Kier molecular flexibility index (Phi) is 5.58. The lowest BCUT2D eigenvalue weighted by molar-refractivity contribution is 0.324. The van der Waals surface area contributed by atoms with Gasteiger partial charge in [0.15, 0.2) is 0 Å². The fourth-order valence-electron chi connectivity index (χ4n) is 2.57. The minimum absolute atomic E-state index is 0.141. The van der Waals surface area contributed by atoms with Gasteiger partial charge in [-0.25, -0.2) is 0 Å². The maximum Gasteiger partial charge on any atom is 0.292 e. The second kappa shape index (κ2) is 8.06. The Morgan fingerprint density at radius 2 is 1.81 bits per heavy atom. The van der Waals surface area contributed by atoms with Gasteiger partial charge in [0.1, 0.15) is 17.4 Å². The number of aryl methyl sites for hydroxylation is 1. The minimum Gasteiger partial charge on any atom is -0.491 e. The van der Waals surface area contributed by atoms with Gasteiger partial charge in [-0.1, -0.05) is 48.0 Å². The summed E-state index contributed by atoms with van der Waals surface area (Å²) in [6, 6.07) is 17.0. The third-order valence-corrected chi connectivity index (χ3v) is 4.45. The highest BCUT2D eigenvalue weighted by Gasteiger charge is 2.14. The van der Waals surface area contributed by atoms with E-state index in [9.17, 15) is 4.79 Å². The van der Waals surface area contributed by atoms with E-state index in [1.54, 1.807) is 6.20 Å². The van der Waals surface area contributed by atoms with Crippen molar-refractivity contribution >= 4 is 17.3 Å². The number of anilines is 1. The van der Waals surface area contributed by atoms with Crippen LogP contribution in [0.15, 0.2) is 65.6 Å². The van der Waals surface area contributed by atoms with E-state index in [-0.39, 0.29) is 10.6 Å². The van der Waals surface area contributed by atoms with Gasteiger partial charge in [-0.3, -0.25) is 4.79 Å². The van der Waals surface area contributed by atoms with E-state index in [0.717, 1.165) is 11.3 Å². The number of benzene rings is 2. The zero-order chi connectivity index (χ0) is 18.5. The zero-order valence-corrected chi connectivity index (χ0v) is 15.5. The van der Waals surface area contributed by atoms with Crippen molar-refractivity contribution in [3.05, 3.63) is 81.7 Å². The van der Waals surface area contributed by atoms with Crippen LogP contribution in [0, 0.1) is 6.92 Å². The molecule has 5 nitrogen and oxygen atoms in total. The van der Waals surface area contributed by atoms with Crippen molar-refractivity contribution in [3.63, 3.8) is 0 Å². The lowest BCUT2D eigenvalue weighted by Crippen LogP contribution is -2.29. The average molecular weight is 370 g/mol. The van der Waals surface area contributed by atoms with Gasteiger partial charge in [-0.05, 0) is 30.7 Å². The van der Waals surface area contributed by atoms with Crippen molar-refractivity contribution in [3.8, 4) is 11.4 Å². The third-order valence-electron chi connectivity index (χ3n) is 4.09. The summed E-state index contributed by atoms with van der Waals surface area (Å²) in [7, 11) is 1.86. The first-order valence-electron chi connectivity index (χ1n) is 8.31. The first-order valence-corrected chi connectivity index (χ1v) is 8.68. The van der Waals surface area contributed by atoms with Crippen LogP contribution in [0.5, 0.6) is 5.75 Å². The average Bonchev–Trinajstić information content (AvgIpc) is 2.66. The summed E-state index contributed by atoms with van der Waals surface area (Å²) >= 11 is 6.31. The van der Waals surface area contributed by atoms with Crippen molar-refractivity contribution in [2.45, 2.75) is 6.92 Å². The molecule has 134 valence electrons. The van der Waals surface area contributed by atoms with Gasteiger partial charge < -0.3 is 9.64 Å². The number of ether oxygens (including phenoxy) is 1. The molecule has 1 aromatic heterocycles. The largest absolute Gasteiger partial charge is 0.491 e. The molecular formula is C20H20ClN3O2. The molecule has 26 heavy (non-hydrogen) atoms. The highest BCUT2D eigenvalue weighted by molar-refractivity contribution is 6.33. The smallest absolute Gasteiger partial charge is 0.292 e. The molecule has 2 aromatic carbocycles. The van der Waals surface area contributed by atoms with Crippen molar-refractivity contribution in [2.75, 3.05) is 25.1 Å². The second-order valence-corrected chi connectivity index (χ2v) is 6.31. The van der Waals surface area contributed by atoms with Crippen LogP contribution in [-0.2, 0) is 0 Å². The Hall–Kier alpha value is -2.79. The van der Waals surface area contributed by atoms with Gasteiger partial charge in [-0.2, -0.15) is 9.78 Å². The Bertz CT molecular complexity index is 941. The Morgan fingerprint density at radius 3 is 2.54 bits per heavy atom. The fourth-order valence-corrected chi connectivity index (χ4v) is 2.85. The van der Waals surface area contributed by atoms with E-state index < -0.39 is 0 Å². The monoisotopic (exact) mass is 369 g/mol. The van der Waals surface area contributed by atoms with Gasteiger partial charge in [0.25, 0.3) is 5.56 Å². The Morgan fingerprint density at radius 1 is 1.12 bits per heavy atom. The number of halogens is 1. The molecule has 0 radical (unpaired) electrons. The Balaban J connectivity index is 1.72. The van der Waals surface area contributed by atoms with Crippen LogP contribution >= 0.6 is 11.6 Å². The molecule has 3 aromatic rings. The molecule has 0 N–H and O–H groups in total. The fraction of sp³-hybridized carbons (Fsp3) is 0.200. The molecule has 0 aliphatic carbocycles. The van der Waals surface area contributed by atoms with Crippen LogP contribution in [0.2, 0.25) is 5.02 Å². The lowest BCUT2D eigenvalue weighted by Gasteiger charge is -2.21. The van der Waals surface area contributed by atoms with Crippen LogP contribution < -0.4 is 15.2 Å². The molecule has 0 saturated carbocycles. The SMILES string of the molecule is Cc1ccccc1OCCN(C)c1cnn(-c2ccccc2)c(=O)c1Cl. The predicted molar refractivity (Wildman–Crippen MR) is 105 cm³/mol. The van der Waals surface area contributed by atoms with E-state index in [4.69, 9.17) is 16.3 Å². The molecule has 0 spiro atoms. The number of rotatable bonds is 6. The van der Waals surface area contributed by atoms with Gasteiger partial charge in [0.05, 0.1) is 24.1 Å². The van der Waals surface area contributed by atoms with Crippen LogP contribution in [-0.4, -0.2) is 30.0 Å². The summed E-state index contributed by atoms with van der Waals surface area (Å²) in [5, 5.41) is 4.39. The highest BCUT2D eigenvalue weighted by atomic mass is 35.5. The van der Waals surface area contributed by atoms with Crippen LogP contribution in [0.3, 0.4) is 0 Å². The van der Waals surface area contributed by atoms with Gasteiger partial charge in [0.2, 0.25) is 0 Å². The molecule has 0 bridgehead atoms. The number of likely N-dealkylation sites (N-methyl/N-ethyl adjacent to an activating group) is 1. The molecule has 0 aliphatic rings. The van der Waals surface area contributed by atoms with Crippen LogP contribution in [0.1, 0.15) is 5.56 Å². The molecule has 6 heteroatoms. The molecule has 0 saturated heterocycles. The lowest BCUT2D eigenvalue weighted by atomic mass is 10.2. The van der Waals surface area contributed by atoms with Gasteiger partial charge in [-0.15, -0.1) is 0 Å². The van der Waals surface area contributed by atoms with E-state index in [1.807, 2.05) is 73.5 Å². The number of hydrogen-bond acceptors (Lipinski definition) is 4. The number of aromatic nitrogens is 2. The topological polar surface area (TPSA) is 47.4 Å². The summed E-state index contributed by atoms with van der Waals surface area (Å²) in [5.74, 6) is 0.851. The van der Waals surface area contributed by atoms with Crippen molar-refractivity contribution in [1.82, 2.24) is 9.78 Å². The second-order valence-electron chi connectivity index (χ2n) is 5.93. The minimum atomic E-state index is -0.345. The number of nitrogens with zero attached hydrogens (tertiary/aromatic N) is 3. The van der Waals surface area contributed by atoms with Gasteiger partial charge >= 0.3 is 0 Å². The van der Waals surface area contributed by atoms with Crippen LogP contribution in [0.4, 0.5) is 5.69 Å². The standard InChI is InChI=1S/C20H20ClN3O2/c1-15-8-6-7-11-18(15)26-13-12-23(2)17-14-22-24(20(25)19(17)21)16-9-4-3-5-10-16/h3-11,14H,12-13H2,1-2H3. The van der Waals surface area contributed by atoms with E-state index in [0.29, 0.717) is 24.5 Å². The molecule has 0 unspecified atom stereocenters. The third kappa shape index (κ3) is 3.89. The van der Waals surface area contributed by atoms with E-state index in [1.165, 1.54) is 4.68 Å². The van der Waals surface area contributed by atoms with Gasteiger partial charge in [0, 0.05) is 7.05 Å². The summed E-state index contributed by atoms with van der Waals surface area (Å²) in [6.07, 6.45) is 1.60. The molecule has 0 atom stereocenters. The molecule has 3 rings (SSSR count). The summed E-state index contributed by atoms with van der Waals surface area (Å²) < 4.78 is 7.10. The Labute approximate surface area is 157 Å². The molecule has 0 aliphatic heterocycles. The predicted octanol–water partition coefficient (Wildman–Crippen LogP) is 3.71. The highest BCUT2D eigenvalue weighted by Crippen LogP contribution is 2.21. The summed E-state index contributed by atoms with van der Waals surface area (Å²) in [4.78, 5) is 14.4. The first kappa shape index (κ1) is 18.0. The van der Waals surface area contributed by atoms with E-state index >= 15 is 0 Å². The van der Waals surface area contributed by atoms with Crippen molar-refractivity contribution < 1.29 is 4.74 Å². The van der Waals surface area contributed by atoms with E-state index in [2.05, 4.69) is 5.10 Å². The maximum absolute atomic E-state index is 12.5. The number of hydrogen-bond donors (Lipinski definition) is 0. The molecule has 1 heterocycles. The summed E-state index contributed by atoms with van der Waals surface area (Å²) in [6.45, 7) is 3.05. The molecule has 0 amide bonds. The van der Waals surface area contributed by atoms with Crippen LogP contribution in [0.25, 0.3) is 5.69 Å². The quantitative estimate of drug-likeness (QED) is 0.664. The van der Waals surface area contributed by atoms with Crippen molar-refractivity contribution in [2.24, 2.45) is 0 Å². The normalized spacial score (nSPS) is 10.6. The zero-order valence-electron chi connectivity index (χ0n) is 14.7.